The van der Waals surface area contributed by atoms with Crippen molar-refractivity contribution in [1.29, 1.82) is 0 Å². The van der Waals surface area contributed by atoms with E-state index < -0.39 is 0 Å². The van der Waals surface area contributed by atoms with Crippen LogP contribution in [0.4, 0.5) is 0 Å². The lowest BCUT2D eigenvalue weighted by Gasteiger charge is -2.34. The highest BCUT2D eigenvalue weighted by Crippen LogP contribution is 2.25. The summed E-state index contributed by atoms with van der Waals surface area (Å²) in [5, 5.41) is 5.25. The van der Waals surface area contributed by atoms with Crippen LogP contribution in [0.15, 0.2) is 0 Å². The maximum Gasteiger partial charge on any atom is 0.122 e. The molecule has 0 aliphatic carbocycles. The van der Waals surface area contributed by atoms with Gasteiger partial charge in [0, 0.05) is 12.1 Å². The van der Waals surface area contributed by atoms with Gasteiger partial charge in [-0.15, -0.1) is 0 Å². The molecular formula is C8H16N2. The van der Waals surface area contributed by atoms with Gasteiger partial charge in [0.25, 0.3) is 0 Å². The summed E-state index contributed by atoms with van der Waals surface area (Å²) in [7, 11) is 0. The summed E-state index contributed by atoms with van der Waals surface area (Å²) >= 11 is 0. The van der Waals surface area contributed by atoms with E-state index in [0.29, 0.717) is 5.54 Å². The van der Waals surface area contributed by atoms with Gasteiger partial charge in [-0.3, -0.25) is 0 Å². The zero-order chi connectivity index (χ0) is 7.73. The second-order valence-corrected chi connectivity index (χ2v) is 3.52. The van der Waals surface area contributed by atoms with Gasteiger partial charge in [0.1, 0.15) is 1.41 Å². The van der Waals surface area contributed by atoms with E-state index in [-0.39, 0.29) is 0 Å². The first-order chi connectivity index (χ1) is 5.31. The minimum atomic E-state index is 0.333. The van der Waals surface area contributed by atoms with E-state index in [1.165, 1.54) is 25.7 Å². The van der Waals surface area contributed by atoms with Crippen molar-refractivity contribution < 1.29 is 1.41 Å². The van der Waals surface area contributed by atoms with Crippen molar-refractivity contribution in [2.75, 3.05) is 19.6 Å². The molecule has 2 rings (SSSR count). The second-order valence-electron chi connectivity index (χ2n) is 3.52. The first-order valence-corrected chi connectivity index (χ1v) is 4.30. The third kappa shape index (κ3) is 1.06. The highest BCUT2D eigenvalue weighted by molar-refractivity contribution is 4.96. The number of hydrogen-bond donors (Lipinski definition) is 2. The van der Waals surface area contributed by atoms with Crippen LogP contribution in [0, 0.1) is 0 Å². The van der Waals surface area contributed by atoms with Crippen molar-refractivity contribution in [1.82, 2.24) is 10.6 Å². The van der Waals surface area contributed by atoms with Gasteiger partial charge >= 0.3 is 0 Å². The van der Waals surface area contributed by atoms with Crippen molar-refractivity contribution in [2.45, 2.75) is 31.2 Å². The molecule has 0 aromatic rings. The summed E-state index contributed by atoms with van der Waals surface area (Å²) in [5.41, 5.74) is 0.333. The summed E-state index contributed by atoms with van der Waals surface area (Å²) in [6, 6.07) is 0. The number of nitrogens with one attached hydrogen (secondary N) is 2. The molecule has 0 radical (unpaired) electrons. The maximum absolute atomic E-state index is 7.56. The Kier molecular flexibility index (Phi) is 1.40. The predicted molar refractivity (Wildman–Crippen MR) is 42.1 cm³/mol. The van der Waals surface area contributed by atoms with Gasteiger partial charge < -0.3 is 10.6 Å². The van der Waals surface area contributed by atoms with Crippen molar-refractivity contribution in [3.05, 3.63) is 0 Å². The molecule has 0 amide bonds. The molecule has 2 N–H and O–H groups in total. The van der Waals surface area contributed by atoms with E-state index >= 15 is 0 Å². The van der Waals surface area contributed by atoms with Gasteiger partial charge in [-0.2, -0.15) is 0 Å². The molecule has 2 heteroatoms. The first-order valence-electron chi connectivity index (χ1n) is 4.74. The maximum atomic E-state index is 7.56. The molecule has 2 heterocycles. The average Bonchev–Trinajstić information content (AvgIpc) is 2.37. The third-order valence-corrected chi connectivity index (χ3v) is 2.72. The number of piperidine rings is 1. The van der Waals surface area contributed by atoms with Crippen LogP contribution >= 0.6 is 0 Å². The standard InChI is InChI=1S/C8H16N2/c1-3-8(7-9-5-1)4-2-6-10-8/h9-10H,1-7H2/i/hD. The van der Waals surface area contributed by atoms with Crippen LogP contribution in [0.2, 0.25) is 1.41 Å². The van der Waals surface area contributed by atoms with Crippen molar-refractivity contribution in [3.63, 3.8) is 0 Å². The highest BCUT2D eigenvalue weighted by atomic mass is 15.1. The zero-order valence-electron chi connectivity index (χ0n) is 7.40. The van der Waals surface area contributed by atoms with Crippen molar-refractivity contribution in [2.24, 2.45) is 0 Å². The van der Waals surface area contributed by atoms with Gasteiger partial charge in [-0.25, -0.2) is 0 Å². The van der Waals surface area contributed by atoms with Crippen LogP contribution < -0.4 is 10.6 Å². The molecule has 10 heavy (non-hydrogen) atoms. The van der Waals surface area contributed by atoms with E-state index in [4.69, 9.17) is 1.41 Å². The monoisotopic (exact) mass is 141 g/mol. The molecule has 0 saturated carbocycles. The summed E-state index contributed by atoms with van der Waals surface area (Å²) in [4.78, 5) is 0. The molecule has 1 spiro atoms. The molecule has 2 aliphatic rings. The van der Waals surface area contributed by atoms with Crippen LogP contribution in [-0.4, -0.2) is 25.2 Å². The highest BCUT2D eigenvalue weighted by Gasteiger charge is 2.33. The van der Waals surface area contributed by atoms with E-state index in [9.17, 15) is 0 Å². The minimum Gasteiger partial charge on any atom is -0.315 e. The van der Waals surface area contributed by atoms with Gasteiger partial charge in [-0.1, -0.05) is 0 Å². The fourth-order valence-corrected chi connectivity index (χ4v) is 2.12. The zero-order valence-corrected chi connectivity index (χ0v) is 6.40. The molecule has 0 bridgehead atoms. The Bertz CT molecular complexity index is 143. The summed E-state index contributed by atoms with van der Waals surface area (Å²) in [6.07, 6.45) is 5.05. The Labute approximate surface area is 63.8 Å². The van der Waals surface area contributed by atoms with Crippen molar-refractivity contribution in [3.8, 4) is 0 Å². The second kappa shape index (κ2) is 2.51. The minimum absolute atomic E-state index is 0.333. The molecule has 2 nitrogen and oxygen atoms in total. The van der Waals surface area contributed by atoms with Crippen LogP contribution in [0.3, 0.4) is 0 Å². The van der Waals surface area contributed by atoms with Crippen LogP contribution in [-0.2, 0) is 0 Å². The van der Waals surface area contributed by atoms with E-state index in [0.717, 1.165) is 19.6 Å². The van der Waals surface area contributed by atoms with Gasteiger partial charge in [0.2, 0.25) is 0 Å². The molecule has 0 aromatic heterocycles. The third-order valence-electron chi connectivity index (χ3n) is 2.72. The lowest BCUT2D eigenvalue weighted by atomic mass is 9.89. The lowest BCUT2D eigenvalue weighted by molar-refractivity contribution is 0.282. The molecule has 2 fully saturated rings. The Hall–Kier alpha value is -0.0800. The summed E-state index contributed by atoms with van der Waals surface area (Å²) in [5.74, 6) is 0. The van der Waals surface area contributed by atoms with Crippen LogP contribution in [0.25, 0.3) is 0 Å². The molecule has 2 saturated heterocycles. The molecular weight excluding hydrogens is 124 g/mol. The Morgan fingerprint density at radius 2 is 2.00 bits per heavy atom. The number of rotatable bonds is 0. The van der Waals surface area contributed by atoms with E-state index in [2.05, 4.69) is 5.32 Å². The molecule has 58 valence electrons. The fraction of sp³-hybridized carbons (Fsp3) is 1.00. The van der Waals surface area contributed by atoms with E-state index in [1.54, 1.807) is 5.31 Å². The molecule has 0 aromatic carbocycles. The Morgan fingerprint density at radius 3 is 2.70 bits per heavy atom. The normalized spacial score (nSPS) is 44.2. The average molecular weight is 141 g/mol. The van der Waals surface area contributed by atoms with Gasteiger partial charge in [-0.05, 0) is 38.8 Å². The lowest BCUT2D eigenvalue weighted by Crippen LogP contribution is -2.52. The van der Waals surface area contributed by atoms with Crippen molar-refractivity contribution >= 4 is 0 Å². The predicted octanol–water partition coefficient (Wildman–Crippen LogP) is 0.492. The van der Waals surface area contributed by atoms with Gasteiger partial charge in [0.15, 0.2) is 0 Å². The fourth-order valence-electron chi connectivity index (χ4n) is 2.12. The SMILES string of the molecule is [2H]N1CCCC2(CCCN2)C1. The topological polar surface area (TPSA) is 24.1 Å². The van der Waals surface area contributed by atoms with E-state index in [1.807, 2.05) is 0 Å². The Morgan fingerprint density at radius 1 is 1.20 bits per heavy atom. The molecule has 1 unspecified atom stereocenters. The molecule has 1 atom stereocenters. The largest absolute Gasteiger partial charge is 0.315 e. The van der Waals surface area contributed by atoms with Crippen LogP contribution in [0.5, 0.6) is 0 Å². The quantitative estimate of drug-likeness (QED) is 0.513. The van der Waals surface area contributed by atoms with Crippen LogP contribution in [0.1, 0.15) is 25.7 Å². The number of hydrogen-bond acceptors (Lipinski definition) is 2. The first kappa shape index (κ1) is 5.56. The smallest absolute Gasteiger partial charge is 0.122 e. The summed E-state index contributed by atoms with van der Waals surface area (Å²) in [6.45, 7) is 3.06. The van der Waals surface area contributed by atoms with Gasteiger partial charge in [0.05, 0.1) is 0 Å². The summed E-state index contributed by atoms with van der Waals surface area (Å²) < 4.78 is 7.56. The molecule has 2 aliphatic heterocycles. The Balaban J connectivity index is 2.00.